The summed E-state index contributed by atoms with van der Waals surface area (Å²) in [5, 5.41) is 23.1. The molecule has 6 rings (SSSR count). The maximum Gasteiger partial charge on any atom is 0.422 e. The number of aliphatic hydroxyl groups is 1. The highest BCUT2D eigenvalue weighted by Gasteiger charge is 2.58. The number of alkyl halides is 3. The summed E-state index contributed by atoms with van der Waals surface area (Å²) >= 11 is 0. The van der Waals surface area contributed by atoms with Gasteiger partial charge in [-0.1, -0.05) is 42.5 Å². The standard InChI is InChI=1S/C30H30F3N3O6S/c31-30(32,33)29(37,19-34-14-12-28(13-15-34)20-43(40,41)27-9-5-4-8-26(27)42-28)24-18-35(17-21-6-2-1-3-7-21)25-16-22(36(38)39)10-11-23(24)25/h1-11,16,18,37,40-41H,12-15,17,19-20H2. The summed E-state index contributed by atoms with van der Waals surface area (Å²) in [6.45, 7) is -0.404. The number of hydrogen-bond donors (Lipinski definition) is 3. The Morgan fingerprint density at radius 3 is 2.35 bits per heavy atom. The molecule has 1 atom stereocenters. The van der Waals surface area contributed by atoms with Crippen LogP contribution in [0.4, 0.5) is 18.9 Å². The minimum atomic E-state index is -5.08. The molecule has 1 saturated heterocycles. The highest BCUT2D eigenvalue weighted by Crippen LogP contribution is 2.59. The zero-order chi connectivity index (χ0) is 30.6. The number of hydrogen-bond acceptors (Lipinski definition) is 7. The van der Waals surface area contributed by atoms with E-state index in [1.807, 2.05) is 0 Å². The number of piperidine rings is 1. The number of nitrogens with zero attached hydrogens (tertiary/aromatic N) is 3. The molecule has 1 fully saturated rings. The van der Waals surface area contributed by atoms with E-state index >= 15 is 0 Å². The van der Waals surface area contributed by atoms with E-state index in [0.717, 1.165) is 11.6 Å². The monoisotopic (exact) mass is 617 g/mol. The van der Waals surface area contributed by atoms with Crippen LogP contribution in [0.3, 0.4) is 0 Å². The molecule has 0 aliphatic carbocycles. The number of nitro groups is 1. The fraction of sp³-hybridized carbons (Fsp3) is 0.333. The van der Waals surface area contributed by atoms with E-state index in [0.29, 0.717) is 10.6 Å². The SMILES string of the molecule is O=[N+]([O-])c1ccc2c(C(O)(CN3CCC4(CC3)CS(O)(O)c3ccccc3O4)C(F)(F)F)cn(Cc3ccccc3)c2c1. The highest BCUT2D eigenvalue weighted by atomic mass is 32.3. The fourth-order valence-corrected chi connectivity index (χ4v) is 8.13. The molecule has 9 nitrogen and oxygen atoms in total. The number of β-amino-alcohol motifs (C(OH)–C–C–N with tert-alkyl or cyclic N) is 1. The van der Waals surface area contributed by atoms with Gasteiger partial charge >= 0.3 is 6.18 Å². The molecule has 43 heavy (non-hydrogen) atoms. The van der Waals surface area contributed by atoms with E-state index in [2.05, 4.69) is 0 Å². The third-order valence-corrected chi connectivity index (χ3v) is 10.4. The lowest BCUT2D eigenvalue weighted by atomic mass is 9.88. The molecule has 1 spiro atoms. The Morgan fingerprint density at radius 2 is 1.67 bits per heavy atom. The number of aromatic nitrogens is 1. The molecule has 0 saturated carbocycles. The van der Waals surface area contributed by atoms with Crippen LogP contribution in [-0.4, -0.2) is 65.8 Å². The summed E-state index contributed by atoms with van der Waals surface area (Å²) in [5.41, 5.74) is -3.94. The van der Waals surface area contributed by atoms with Gasteiger partial charge in [0.15, 0.2) is 0 Å². The molecule has 0 amide bonds. The molecular formula is C30H30F3N3O6S. The van der Waals surface area contributed by atoms with Crippen LogP contribution in [0, 0.1) is 10.1 Å². The van der Waals surface area contributed by atoms with Crippen LogP contribution in [0.15, 0.2) is 83.9 Å². The third kappa shape index (κ3) is 5.36. The molecule has 2 aliphatic rings. The molecule has 2 aliphatic heterocycles. The lowest BCUT2D eigenvalue weighted by Crippen LogP contribution is -2.57. The van der Waals surface area contributed by atoms with Gasteiger partial charge in [-0.2, -0.15) is 23.8 Å². The summed E-state index contributed by atoms with van der Waals surface area (Å²) in [7, 11) is -3.15. The maximum absolute atomic E-state index is 14.9. The Labute approximate surface area is 246 Å². The Kier molecular flexibility index (Phi) is 7.21. The number of rotatable bonds is 6. The normalized spacial score (nSPS) is 20.2. The molecule has 3 N–H and O–H groups in total. The Morgan fingerprint density at radius 1 is 1.00 bits per heavy atom. The largest absolute Gasteiger partial charge is 0.484 e. The van der Waals surface area contributed by atoms with Crippen LogP contribution in [0.2, 0.25) is 0 Å². The van der Waals surface area contributed by atoms with E-state index < -0.39 is 45.0 Å². The van der Waals surface area contributed by atoms with Crippen molar-refractivity contribution in [2.45, 2.75) is 41.7 Å². The summed E-state index contributed by atoms with van der Waals surface area (Å²) in [6.07, 6.45) is -3.39. The minimum absolute atomic E-state index is 0.0554. The molecule has 3 heterocycles. The predicted molar refractivity (Wildman–Crippen MR) is 156 cm³/mol. The molecule has 3 aromatic carbocycles. The molecule has 0 bridgehead atoms. The van der Waals surface area contributed by atoms with Gasteiger partial charge in [0.2, 0.25) is 5.60 Å². The van der Waals surface area contributed by atoms with E-state index in [-0.39, 0.29) is 54.8 Å². The van der Waals surface area contributed by atoms with Crippen molar-refractivity contribution < 1.29 is 37.0 Å². The van der Waals surface area contributed by atoms with Crippen molar-refractivity contribution in [3.63, 3.8) is 0 Å². The van der Waals surface area contributed by atoms with Crippen molar-refractivity contribution in [1.29, 1.82) is 0 Å². The molecular weight excluding hydrogens is 587 g/mol. The average molecular weight is 618 g/mol. The summed E-state index contributed by atoms with van der Waals surface area (Å²) in [6, 6.07) is 19.2. The third-order valence-electron chi connectivity index (χ3n) is 8.40. The molecule has 13 heteroatoms. The van der Waals surface area contributed by atoms with Gasteiger partial charge in [-0.3, -0.25) is 24.1 Å². The smallest absolute Gasteiger partial charge is 0.422 e. The van der Waals surface area contributed by atoms with Crippen molar-refractivity contribution in [3.8, 4) is 5.75 Å². The van der Waals surface area contributed by atoms with Gasteiger partial charge in [-0.05, 0) is 23.8 Å². The first kappa shape index (κ1) is 29.5. The predicted octanol–water partition coefficient (Wildman–Crippen LogP) is 6.38. The van der Waals surface area contributed by atoms with Gasteiger partial charge in [-0.15, -0.1) is 0 Å². The number of halogens is 3. The highest BCUT2D eigenvalue weighted by molar-refractivity contribution is 8.24. The second kappa shape index (κ2) is 10.5. The van der Waals surface area contributed by atoms with Crippen LogP contribution < -0.4 is 4.74 Å². The summed E-state index contributed by atoms with van der Waals surface area (Å²) < 4.78 is 73.9. The maximum atomic E-state index is 14.9. The first-order valence-electron chi connectivity index (χ1n) is 13.7. The zero-order valence-electron chi connectivity index (χ0n) is 22.9. The minimum Gasteiger partial charge on any atom is -0.484 e. The van der Waals surface area contributed by atoms with Crippen molar-refractivity contribution in [2.75, 3.05) is 25.4 Å². The van der Waals surface area contributed by atoms with Crippen molar-refractivity contribution in [2.24, 2.45) is 0 Å². The van der Waals surface area contributed by atoms with Crippen LogP contribution in [0.5, 0.6) is 5.75 Å². The molecule has 0 radical (unpaired) electrons. The van der Waals surface area contributed by atoms with Crippen molar-refractivity contribution in [1.82, 2.24) is 9.47 Å². The number of likely N-dealkylation sites (tertiary alicyclic amines) is 1. The van der Waals surface area contributed by atoms with E-state index in [1.165, 1.54) is 27.8 Å². The van der Waals surface area contributed by atoms with Gasteiger partial charge in [0.25, 0.3) is 5.69 Å². The number of ether oxygens (including phenoxy) is 1. The first-order valence-corrected chi connectivity index (χ1v) is 15.4. The summed E-state index contributed by atoms with van der Waals surface area (Å²) in [4.78, 5) is 12.7. The second-order valence-corrected chi connectivity index (χ2v) is 13.4. The van der Waals surface area contributed by atoms with E-state index in [4.69, 9.17) is 4.74 Å². The number of fused-ring (bicyclic) bond motifs is 2. The van der Waals surface area contributed by atoms with Crippen molar-refractivity contribution >= 4 is 27.2 Å². The van der Waals surface area contributed by atoms with E-state index in [9.17, 15) is 37.5 Å². The van der Waals surface area contributed by atoms with Crippen LogP contribution in [-0.2, 0) is 12.1 Å². The lowest BCUT2D eigenvalue weighted by molar-refractivity contribution is -0.384. The Bertz CT molecular complexity index is 1670. The zero-order valence-corrected chi connectivity index (χ0v) is 23.7. The van der Waals surface area contributed by atoms with Gasteiger partial charge in [-0.25, -0.2) is 0 Å². The average Bonchev–Trinajstić information content (AvgIpc) is 3.32. The van der Waals surface area contributed by atoms with Gasteiger partial charge < -0.3 is 14.4 Å². The van der Waals surface area contributed by atoms with E-state index in [1.54, 1.807) is 54.6 Å². The topological polar surface area (TPSA) is 121 Å². The van der Waals surface area contributed by atoms with Gasteiger partial charge in [0, 0.05) is 68.3 Å². The second-order valence-electron chi connectivity index (χ2n) is 11.3. The van der Waals surface area contributed by atoms with Crippen molar-refractivity contribution in [3.05, 3.63) is 100 Å². The number of benzene rings is 3. The quantitative estimate of drug-likeness (QED) is 0.170. The summed E-state index contributed by atoms with van der Waals surface area (Å²) in [5.74, 6) is 0.300. The Balaban J connectivity index is 1.32. The van der Waals surface area contributed by atoms with Crippen LogP contribution in [0.1, 0.15) is 24.0 Å². The first-order chi connectivity index (χ1) is 20.3. The van der Waals surface area contributed by atoms with Gasteiger partial charge in [0.1, 0.15) is 16.2 Å². The van der Waals surface area contributed by atoms with Gasteiger partial charge in [0.05, 0.1) is 16.2 Å². The lowest BCUT2D eigenvalue weighted by Gasteiger charge is -2.51. The molecule has 1 unspecified atom stereocenters. The van der Waals surface area contributed by atoms with Crippen LogP contribution >= 0.6 is 10.6 Å². The molecule has 1 aromatic heterocycles. The molecule has 4 aromatic rings. The fourth-order valence-electron chi connectivity index (χ4n) is 6.16. The number of para-hydroxylation sites is 1. The molecule has 228 valence electrons. The number of non-ortho nitro benzene ring substituents is 1. The van der Waals surface area contributed by atoms with Crippen LogP contribution in [0.25, 0.3) is 10.9 Å². The number of nitro benzene ring substituents is 1. The Hall–Kier alpha value is -3.62.